The first-order chi connectivity index (χ1) is 8.70. The quantitative estimate of drug-likeness (QED) is 0.179. The second kappa shape index (κ2) is 13.5. The summed E-state index contributed by atoms with van der Waals surface area (Å²) in [4.78, 5) is 21.1. The Morgan fingerprint density at radius 3 is 2.00 bits per heavy atom. The number of hydrogen-bond donors (Lipinski definition) is 3. The largest absolute Gasteiger partial charge is 1.00 e. The summed E-state index contributed by atoms with van der Waals surface area (Å²) in [6, 6.07) is 0. The molecule has 0 aromatic carbocycles. The number of carbonyl (C=O) groups is 2. The van der Waals surface area contributed by atoms with E-state index in [9.17, 15) is 23.1 Å². The maximum Gasteiger partial charge on any atom is 1.00 e. The molecule has 1 unspecified atom stereocenters. The first kappa shape index (κ1) is 24.5. The average Bonchev–Trinajstić information content (AvgIpc) is 2.31. The molecule has 0 amide bonds. The standard InChI is InChI=1S/C7H10O7S.C2H6O2.Na/c1-2-3-14-7(10)5(4-6(8)9)15(11,12)13;3-1-2-4;/h2,5H,1,3-4H2,(H,8,9)(H,11,12,13);3-4H,1-2H2;/q;;+1/p-1. The van der Waals surface area contributed by atoms with Crippen LogP contribution in [0.15, 0.2) is 12.7 Å². The number of aliphatic hydroxyl groups is 2. The van der Waals surface area contributed by atoms with Crippen molar-refractivity contribution in [1.82, 2.24) is 0 Å². The van der Waals surface area contributed by atoms with Crippen molar-refractivity contribution >= 4 is 22.1 Å². The van der Waals surface area contributed by atoms with Crippen molar-refractivity contribution in [3.8, 4) is 0 Å². The van der Waals surface area contributed by atoms with Crippen LogP contribution >= 0.6 is 0 Å². The monoisotopic (exact) mass is 322 g/mol. The molecule has 0 saturated carbocycles. The van der Waals surface area contributed by atoms with Crippen LogP contribution in [0.1, 0.15) is 6.42 Å². The average molecular weight is 322 g/mol. The number of aliphatic carboxylic acids is 1. The van der Waals surface area contributed by atoms with Crippen LogP contribution in [-0.2, 0) is 24.4 Å². The molecule has 20 heavy (non-hydrogen) atoms. The van der Waals surface area contributed by atoms with Gasteiger partial charge in [0.2, 0.25) is 0 Å². The summed E-state index contributed by atoms with van der Waals surface area (Å²) >= 11 is 0. The molecule has 0 bridgehead atoms. The molecule has 0 fully saturated rings. The van der Waals surface area contributed by atoms with Crippen molar-refractivity contribution in [2.24, 2.45) is 0 Å². The Hall–Kier alpha value is -0.490. The second-order valence-corrected chi connectivity index (χ2v) is 4.54. The fraction of sp³-hybridized carbons (Fsp3) is 0.556. The fourth-order valence-electron chi connectivity index (χ4n) is 0.696. The Labute approximate surface area is 138 Å². The van der Waals surface area contributed by atoms with Gasteiger partial charge in [-0.1, -0.05) is 12.7 Å². The molecular formula is C9H15NaO9S. The first-order valence-corrected chi connectivity index (χ1v) is 6.36. The maximum absolute atomic E-state index is 11.0. The molecule has 3 N–H and O–H groups in total. The van der Waals surface area contributed by atoms with E-state index in [2.05, 4.69) is 11.3 Å². The van der Waals surface area contributed by atoms with E-state index < -0.39 is 33.7 Å². The number of carbonyl (C=O) groups excluding carboxylic acids is 2. The Bertz CT molecular complexity index is 390. The maximum atomic E-state index is 11.0. The number of carboxylic acids is 1. The van der Waals surface area contributed by atoms with Gasteiger partial charge in [-0.25, -0.2) is 0 Å². The molecular weight excluding hydrogens is 307 g/mol. The topological polar surface area (TPSA) is 161 Å². The van der Waals surface area contributed by atoms with Gasteiger partial charge in [-0.05, 0) is 0 Å². The molecule has 1 atom stereocenters. The fourth-order valence-corrected chi connectivity index (χ4v) is 1.35. The van der Waals surface area contributed by atoms with Crippen LogP contribution in [-0.4, -0.2) is 60.2 Å². The van der Waals surface area contributed by atoms with Gasteiger partial charge in [-0.3, -0.25) is 9.35 Å². The van der Waals surface area contributed by atoms with Crippen LogP contribution in [0.25, 0.3) is 0 Å². The number of rotatable bonds is 7. The zero-order chi connectivity index (χ0) is 15.5. The number of hydrogen-bond acceptors (Lipinski definition) is 8. The van der Waals surface area contributed by atoms with Gasteiger partial charge < -0.3 is 24.9 Å². The van der Waals surface area contributed by atoms with Crippen molar-refractivity contribution in [1.29, 1.82) is 0 Å². The molecule has 0 spiro atoms. The minimum absolute atomic E-state index is 0. The van der Waals surface area contributed by atoms with E-state index in [1.165, 1.54) is 0 Å². The Morgan fingerprint density at radius 2 is 1.75 bits per heavy atom. The van der Waals surface area contributed by atoms with E-state index >= 15 is 0 Å². The van der Waals surface area contributed by atoms with Crippen LogP contribution in [0.5, 0.6) is 0 Å². The predicted molar refractivity (Wildman–Crippen MR) is 60.3 cm³/mol. The van der Waals surface area contributed by atoms with Crippen molar-refractivity contribution < 1.29 is 72.2 Å². The van der Waals surface area contributed by atoms with E-state index in [0.29, 0.717) is 0 Å². The predicted octanol–water partition coefficient (Wildman–Crippen LogP) is -5.91. The number of aliphatic hydroxyl groups excluding tert-OH is 2. The van der Waals surface area contributed by atoms with Crippen LogP contribution in [0.4, 0.5) is 0 Å². The first-order valence-electron chi connectivity index (χ1n) is 4.86. The molecule has 0 radical (unpaired) electrons. The molecule has 0 aliphatic rings. The Kier molecular flexibility index (Phi) is 16.5. The van der Waals surface area contributed by atoms with Gasteiger partial charge in [0, 0.05) is 12.4 Å². The summed E-state index contributed by atoms with van der Waals surface area (Å²) in [7, 11) is -4.82. The van der Waals surface area contributed by atoms with E-state index in [0.717, 1.165) is 6.08 Å². The normalized spacial score (nSPS) is 11.2. The number of ether oxygens (including phenoxy) is 1. The van der Waals surface area contributed by atoms with Crippen molar-refractivity contribution in [2.75, 3.05) is 19.8 Å². The number of esters is 1. The Balaban J connectivity index is -0.000000508. The van der Waals surface area contributed by atoms with E-state index in [1.54, 1.807) is 0 Å². The van der Waals surface area contributed by atoms with E-state index in [-0.39, 0.29) is 49.4 Å². The summed E-state index contributed by atoms with van der Waals surface area (Å²) in [5, 5.41) is 23.2. The SMILES string of the molecule is C=CCOC(=O)C(CC(=O)[O-])S(=O)(=O)O.OCCO.[Na+]. The summed E-state index contributed by atoms with van der Waals surface area (Å²) in [5.41, 5.74) is 0. The Morgan fingerprint density at radius 1 is 1.30 bits per heavy atom. The number of carboxylic acid groups (broad SMARTS) is 1. The van der Waals surface area contributed by atoms with Crippen molar-refractivity contribution in [3.05, 3.63) is 12.7 Å². The molecule has 0 aromatic heterocycles. The van der Waals surface area contributed by atoms with Gasteiger partial charge in [-0.15, -0.1) is 0 Å². The molecule has 0 aliphatic carbocycles. The van der Waals surface area contributed by atoms with Crippen molar-refractivity contribution in [2.45, 2.75) is 11.7 Å². The minimum Gasteiger partial charge on any atom is -0.550 e. The molecule has 112 valence electrons. The minimum atomic E-state index is -4.82. The second-order valence-electron chi connectivity index (χ2n) is 2.95. The zero-order valence-electron chi connectivity index (χ0n) is 10.9. The van der Waals surface area contributed by atoms with E-state index in [1.807, 2.05) is 0 Å². The molecule has 0 aliphatic heterocycles. The third kappa shape index (κ3) is 13.9. The smallest absolute Gasteiger partial charge is 0.550 e. The van der Waals surface area contributed by atoms with Crippen LogP contribution in [0.3, 0.4) is 0 Å². The van der Waals surface area contributed by atoms with Crippen molar-refractivity contribution in [3.63, 3.8) is 0 Å². The van der Waals surface area contributed by atoms with Crippen LogP contribution in [0.2, 0.25) is 0 Å². The summed E-state index contributed by atoms with van der Waals surface area (Å²) in [6.45, 7) is 2.67. The zero-order valence-corrected chi connectivity index (χ0v) is 13.7. The molecule has 9 nitrogen and oxygen atoms in total. The van der Waals surface area contributed by atoms with Gasteiger partial charge in [-0.2, -0.15) is 8.42 Å². The van der Waals surface area contributed by atoms with Gasteiger partial charge in [0.05, 0.1) is 13.2 Å². The van der Waals surface area contributed by atoms with Crippen LogP contribution in [0, 0.1) is 0 Å². The van der Waals surface area contributed by atoms with Gasteiger partial charge in [0.1, 0.15) is 6.61 Å². The third-order valence-electron chi connectivity index (χ3n) is 1.42. The molecule has 0 aromatic rings. The van der Waals surface area contributed by atoms with Crippen LogP contribution < -0.4 is 34.7 Å². The molecule has 0 heterocycles. The molecule has 0 saturated heterocycles. The summed E-state index contributed by atoms with van der Waals surface area (Å²) in [5.74, 6) is -3.14. The van der Waals surface area contributed by atoms with Gasteiger partial charge in [0.15, 0.2) is 5.25 Å². The van der Waals surface area contributed by atoms with Gasteiger partial charge >= 0.3 is 35.5 Å². The third-order valence-corrected chi connectivity index (χ3v) is 2.50. The van der Waals surface area contributed by atoms with E-state index in [4.69, 9.17) is 14.8 Å². The van der Waals surface area contributed by atoms with Gasteiger partial charge in [0.25, 0.3) is 10.1 Å². The molecule has 0 rings (SSSR count). The molecule has 11 heteroatoms. The summed E-state index contributed by atoms with van der Waals surface area (Å²) in [6.07, 6.45) is 0.00673. The summed E-state index contributed by atoms with van der Waals surface area (Å²) < 4.78 is 34.1.